The molecule has 0 aliphatic heterocycles. The minimum atomic E-state index is -0.289. The van der Waals surface area contributed by atoms with E-state index in [4.69, 9.17) is 20.8 Å². The van der Waals surface area contributed by atoms with Crippen LogP contribution in [0.25, 0.3) is 22.6 Å². The first-order chi connectivity index (χ1) is 15.4. The van der Waals surface area contributed by atoms with Crippen molar-refractivity contribution in [3.8, 4) is 17.2 Å². The molecule has 164 valence electrons. The average Bonchev–Trinajstić information content (AvgIpc) is 3.23. The van der Waals surface area contributed by atoms with Gasteiger partial charge in [-0.05, 0) is 82.4 Å². The number of carbonyl (C=O) groups is 1. The number of nitrogens with zero attached hydrogens (tertiary/aromatic N) is 1. The van der Waals surface area contributed by atoms with Crippen LogP contribution in [0.4, 0.5) is 5.69 Å². The quantitative estimate of drug-likeness (QED) is 0.287. The molecular weight excluding hydrogens is 492 g/mol. The first kappa shape index (κ1) is 22.4. The van der Waals surface area contributed by atoms with Crippen LogP contribution >= 0.6 is 27.5 Å². The maximum atomic E-state index is 12.8. The summed E-state index contributed by atoms with van der Waals surface area (Å²) in [6.07, 6.45) is 1.06. The molecule has 7 heteroatoms. The molecule has 3 aromatic carbocycles. The fourth-order valence-corrected chi connectivity index (χ4v) is 4.07. The second kappa shape index (κ2) is 9.35. The summed E-state index contributed by atoms with van der Waals surface area (Å²) < 4.78 is 11.9. The van der Waals surface area contributed by atoms with Gasteiger partial charge in [-0.3, -0.25) is 4.79 Å². The minimum Gasteiger partial charge on any atom is -0.496 e. The number of carbonyl (C=O) groups excluding carboxylic acids is 1. The molecule has 1 aromatic heterocycles. The zero-order chi connectivity index (χ0) is 22.8. The summed E-state index contributed by atoms with van der Waals surface area (Å²) in [5, 5.41) is 3.29. The second-order valence-corrected chi connectivity index (χ2v) is 8.82. The van der Waals surface area contributed by atoms with Gasteiger partial charge in [0.1, 0.15) is 11.3 Å². The smallest absolute Gasteiger partial charge is 0.255 e. The molecule has 0 bridgehead atoms. The van der Waals surface area contributed by atoms with E-state index in [9.17, 15) is 4.79 Å². The van der Waals surface area contributed by atoms with Gasteiger partial charge in [0.25, 0.3) is 5.91 Å². The van der Waals surface area contributed by atoms with E-state index in [1.165, 1.54) is 5.56 Å². The van der Waals surface area contributed by atoms with Crippen molar-refractivity contribution in [2.45, 2.75) is 26.2 Å². The maximum Gasteiger partial charge on any atom is 0.255 e. The van der Waals surface area contributed by atoms with Crippen LogP contribution in [-0.2, 0) is 0 Å². The van der Waals surface area contributed by atoms with Gasteiger partial charge in [0, 0.05) is 11.1 Å². The number of nitrogens with one attached hydrogen (secondary N) is 1. The Labute approximate surface area is 199 Å². The predicted octanol–water partition coefficient (Wildman–Crippen LogP) is 7.69. The standard InChI is InChI=1S/C25H22BrClN2O3/c1-4-14(2)15-6-10-23-21(12-15)29-25(32-23)17-5-8-19(27)20(13-17)28-24(30)16-7-9-22(31-3)18(26)11-16/h5-14H,4H2,1-3H3,(H,28,30)/t14-/m1/s1. The summed E-state index contributed by atoms with van der Waals surface area (Å²) in [6.45, 7) is 4.36. The van der Waals surface area contributed by atoms with Crippen molar-refractivity contribution in [2.24, 2.45) is 0 Å². The van der Waals surface area contributed by atoms with Crippen molar-refractivity contribution < 1.29 is 13.9 Å². The molecule has 0 radical (unpaired) electrons. The molecule has 0 saturated heterocycles. The summed E-state index contributed by atoms with van der Waals surface area (Å²) in [7, 11) is 1.57. The summed E-state index contributed by atoms with van der Waals surface area (Å²) in [4.78, 5) is 17.4. The Bertz CT molecular complexity index is 1300. The molecular formula is C25H22BrClN2O3. The SMILES string of the molecule is CC[C@@H](C)c1ccc2oc(-c3ccc(Cl)c(NC(=O)c4ccc(OC)c(Br)c4)c3)nc2c1. The molecule has 1 amide bonds. The number of anilines is 1. The van der Waals surface area contributed by atoms with Gasteiger partial charge in [-0.2, -0.15) is 0 Å². The van der Waals surface area contributed by atoms with Gasteiger partial charge >= 0.3 is 0 Å². The van der Waals surface area contributed by atoms with Crippen LogP contribution in [0.15, 0.2) is 63.5 Å². The van der Waals surface area contributed by atoms with Gasteiger partial charge in [-0.25, -0.2) is 4.98 Å². The van der Waals surface area contributed by atoms with E-state index in [-0.39, 0.29) is 5.91 Å². The van der Waals surface area contributed by atoms with Crippen molar-refractivity contribution in [1.82, 2.24) is 4.98 Å². The lowest BCUT2D eigenvalue weighted by Gasteiger charge is -2.10. The summed E-state index contributed by atoms with van der Waals surface area (Å²) in [5.41, 5.74) is 4.43. The molecule has 0 aliphatic rings. The van der Waals surface area contributed by atoms with Crippen LogP contribution in [0.5, 0.6) is 5.75 Å². The number of aromatic nitrogens is 1. The number of hydrogen-bond acceptors (Lipinski definition) is 4. The van der Waals surface area contributed by atoms with Crippen LogP contribution in [0.3, 0.4) is 0 Å². The molecule has 0 saturated carbocycles. The first-order valence-corrected chi connectivity index (χ1v) is 11.4. The van der Waals surface area contributed by atoms with Gasteiger partial charge in [-0.1, -0.05) is 31.5 Å². The summed E-state index contributed by atoms with van der Waals surface area (Å²) in [6, 6.07) is 16.5. The number of benzene rings is 3. The lowest BCUT2D eigenvalue weighted by Crippen LogP contribution is -2.12. The molecule has 4 rings (SSSR count). The van der Waals surface area contributed by atoms with Crippen LogP contribution in [0.2, 0.25) is 5.02 Å². The number of ether oxygens (including phenoxy) is 1. The Kier molecular flexibility index (Phi) is 6.53. The van der Waals surface area contributed by atoms with Gasteiger partial charge in [0.05, 0.1) is 22.3 Å². The number of oxazole rings is 1. The van der Waals surface area contributed by atoms with Gasteiger partial charge in [0.15, 0.2) is 5.58 Å². The third kappa shape index (κ3) is 4.52. The van der Waals surface area contributed by atoms with Crippen LogP contribution in [0, 0.1) is 0 Å². The van der Waals surface area contributed by atoms with E-state index in [1.807, 2.05) is 12.1 Å². The van der Waals surface area contributed by atoms with Crippen molar-refractivity contribution in [3.05, 3.63) is 75.2 Å². The van der Waals surface area contributed by atoms with Crippen LogP contribution < -0.4 is 10.1 Å². The number of rotatable bonds is 6. The zero-order valence-electron chi connectivity index (χ0n) is 17.9. The highest BCUT2D eigenvalue weighted by Crippen LogP contribution is 2.32. The van der Waals surface area contributed by atoms with Crippen LogP contribution in [0.1, 0.15) is 42.1 Å². The highest BCUT2D eigenvalue weighted by molar-refractivity contribution is 9.10. The Morgan fingerprint density at radius 2 is 2.00 bits per heavy atom. The average molecular weight is 514 g/mol. The minimum absolute atomic E-state index is 0.289. The van der Waals surface area contributed by atoms with E-state index in [1.54, 1.807) is 37.4 Å². The van der Waals surface area contributed by atoms with E-state index < -0.39 is 0 Å². The Hall–Kier alpha value is -2.83. The Balaban J connectivity index is 1.62. The molecule has 1 N–H and O–H groups in total. The normalized spacial score (nSPS) is 12.0. The van der Waals surface area contributed by atoms with E-state index in [2.05, 4.69) is 52.2 Å². The highest BCUT2D eigenvalue weighted by atomic mass is 79.9. The lowest BCUT2D eigenvalue weighted by atomic mass is 9.98. The van der Waals surface area contributed by atoms with Crippen molar-refractivity contribution in [2.75, 3.05) is 12.4 Å². The second-order valence-electron chi connectivity index (χ2n) is 7.55. The zero-order valence-corrected chi connectivity index (χ0v) is 20.3. The monoisotopic (exact) mass is 512 g/mol. The first-order valence-electron chi connectivity index (χ1n) is 10.2. The molecule has 0 fully saturated rings. The Morgan fingerprint density at radius 3 is 2.72 bits per heavy atom. The molecule has 1 heterocycles. The van der Waals surface area contributed by atoms with Gasteiger partial charge in [0.2, 0.25) is 5.89 Å². The van der Waals surface area contributed by atoms with E-state index in [0.717, 1.165) is 23.1 Å². The van der Waals surface area contributed by atoms with Crippen molar-refractivity contribution in [3.63, 3.8) is 0 Å². The fraction of sp³-hybridized carbons (Fsp3) is 0.200. The summed E-state index contributed by atoms with van der Waals surface area (Å²) in [5.74, 6) is 1.28. The van der Waals surface area contributed by atoms with Crippen molar-refractivity contribution in [1.29, 1.82) is 0 Å². The molecule has 0 aliphatic carbocycles. The van der Waals surface area contributed by atoms with Gasteiger partial charge < -0.3 is 14.5 Å². The maximum absolute atomic E-state index is 12.8. The van der Waals surface area contributed by atoms with Crippen LogP contribution in [-0.4, -0.2) is 18.0 Å². The molecule has 1 atom stereocenters. The largest absolute Gasteiger partial charge is 0.496 e. The van der Waals surface area contributed by atoms with Crippen molar-refractivity contribution >= 4 is 50.2 Å². The molecule has 4 aromatic rings. The fourth-order valence-electron chi connectivity index (χ4n) is 3.37. The predicted molar refractivity (Wildman–Crippen MR) is 132 cm³/mol. The van der Waals surface area contributed by atoms with E-state index in [0.29, 0.717) is 38.3 Å². The number of amides is 1. The number of fused-ring (bicyclic) bond motifs is 1. The molecule has 0 spiro atoms. The highest BCUT2D eigenvalue weighted by Gasteiger charge is 2.15. The third-order valence-corrected chi connectivity index (χ3v) is 6.42. The number of halogens is 2. The van der Waals surface area contributed by atoms with Gasteiger partial charge in [-0.15, -0.1) is 0 Å². The topological polar surface area (TPSA) is 64.4 Å². The number of methoxy groups -OCH3 is 1. The molecule has 5 nitrogen and oxygen atoms in total. The Morgan fingerprint density at radius 1 is 1.19 bits per heavy atom. The lowest BCUT2D eigenvalue weighted by molar-refractivity contribution is 0.102. The summed E-state index contributed by atoms with van der Waals surface area (Å²) >= 11 is 9.75. The molecule has 0 unspecified atom stereocenters. The molecule has 32 heavy (non-hydrogen) atoms. The number of hydrogen-bond donors (Lipinski definition) is 1. The van der Waals surface area contributed by atoms with E-state index >= 15 is 0 Å². The third-order valence-electron chi connectivity index (χ3n) is 5.47.